The van der Waals surface area contributed by atoms with E-state index in [-0.39, 0.29) is 52.1 Å². The maximum Gasteiger partial charge on any atom is 0.229 e. The summed E-state index contributed by atoms with van der Waals surface area (Å²) in [6.45, 7) is 0.242. The monoisotopic (exact) mass is 452 g/mol. The van der Waals surface area contributed by atoms with Crippen LogP contribution >= 0.6 is 0 Å². The van der Waals surface area contributed by atoms with Crippen LogP contribution in [0.15, 0.2) is 95.6 Å². The second-order valence-electron chi connectivity index (χ2n) is 7.86. The van der Waals surface area contributed by atoms with Crippen molar-refractivity contribution >= 4 is 11.6 Å². The number of hydrogen-bond acceptors (Lipinski definition) is 6. The number of allylic oxidation sites excluding steroid dienone is 3. The molecule has 0 aromatic heterocycles. The van der Waals surface area contributed by atoms with Gasteiger partial charge in [0.25, 0.3) is 0 Å². The Bertz CT molecular complexity index is 1430. The summed E-state index contributed by atoms with van der Waals surface area (Å²) < 4.78 is 24.3. The summed E-state index contributed by atoms with van der Waals surface area (Å²) in [5.74, 6) is -1.82. The number of nitriles is 1. The molecule has 2 N–H and O–H groups in total. The quantitative estimate of drug-likeness (QED) is 0.623. The van der Waals surface area contributed by atoms with Gasteiger partial charge in [0, 0.05) is 11.1 Å². The number of carbonyl (C=O) groups is 2. The van der Waals surface area contributed by atoms with Crippen LogP contribution < -0.4 is 10.5 Å². The molecule has 2 aliphatic rings. The topological polar surface area (TPSA) is 102 Å². The van der Waals surface area contributed by atoms with Crippen LogP contribution in [-0.4, -0.2) is 11.6 Å². The summed E-state index contributed by atoms with van der Waals surface area (Å²) in [6.07, 6.45) is 0. The van der Waals surface area contributed by atoms with Crippen molar-refractivity contribution in [3.63, 3.8) is 0 Å². The molecule has 166 valence electrons. The summed E-state index contributed by atoms with van der Waals surface area (Å²) in [4.78, 5) is 26.5. The number of nitrogens with zero attached hydrogens (tertiary/aromatic N) is 1. The zero-order valence-corrected chi connectivity index (χ0v) is 17.7. The number of hydrogen-bond donors (Lipinski definition) is 1. The van der Waals surface area contributed by atoms with Gasteiger partial charge in [-0.25, -0.2) is 4.39 Å². The SMILES string of the molecule is N#CC1=C(N)OC2=C(C(=O)c3ccccc3C2=O)C1c1ccc(OCc2ccc(F)cc2)cc1. The second-order valence-corrected chi connectivity index (χ2v) is 7.86. The van der Waals surface area contributed by atoms with Gasteiger partial charge in [-0.1, -0.05) is 48.5 Å². The van der Waals surface area contributed by atoms with E-state index in [0.29, 0.717) is 11.3 Å². The van der Waals surface area contributed by atoms with Gasteiger partial charge in [-0.3, -0.25) is 9.59 Å². The van der Waals surface area contributed by atoms with Gasteiger partial charge in [0.2, 0.25) is 11.7 Å². The number of Topliss-reactive ketones (excluding diaryl/α,β-unsaturated/α-hetero) is 2. The number of fused-ring (bicyclic) bond motifs is 1. The highest BCUT2D eigenvalue weighted by Gasteiger charge is 2.43. The molecule has 0 saturated heterocycles. The van der Waals surface area contributed by atoms with Gasteiger partial charge in [0.05, 0.1) is 11.5 Å². The Morgan fingerprint density at radius 1 is 0.941 bits per heavy atom. The van der Waals surface area contributed by atoms with Gasteiger partial charge < -0.3 is 15.2 Å². The lowest BCUT2D eigenvalue weighted by Gasteiger charge is -2.31. The van der Waals surface area contributed by atoms with E-state index in [1.807, 2.05) is 6.07 Å². The van der Waals surface area contributed by atoms with E-state index < -0.39 is 11.7 Å². The number of benzene rings is 3. The molecule has 1 unspecified atom stereocenters. The molecule has 6 nitrogen and oxygen atoms in total. The molecular formula is C27H17FN2O4. The van der Waals surface area contributed by atoms with Crippen LogP contribution in [0.2, 0.25) is 0 Å². The molecule has 0 spiro atoms. The summed E-state index contributed by atoms with van der Waals surface area (Å²) in [5.41, 5.74) is 8.03. The maximum atomic E-state index is 13.4. The first-order valence-electron chi connectivity index (χ1n) is 10.5. The van der Waals surface area contributed by atoms with Gasteiger partial charge >= 0.3 is 0 Å². The van der Waals surface area contributed by atoms with Crippen LogP contribution in [0.25, 0.3) is 0 Å². The zero-order valence-electron chi connectivity index (χ0n) is 17.7. The molecule has 0 amide bonds. The number of ketones is 2. The molecule has 7 heteroatoms. The van der Waals surface area contributed by atoms with Gasteiger partial charge in [-0.05, 0) is 35.4 Å². The van der Waals surface area contributed by atoms with Crippen molar-refractivity contribution < 1.29 is 23.5 Å². The Labute approximate surface area is 194 Å². The van der Waals surface area contributed by atoms with Crippen LogP contribution in [0.3, 0.4) is 0 Å². The van der Waals surface area contributed by atoms with Crippen molar-refractivity contribution in [2.45, 2.75) is 12.5 Å². The molecule has 1 heterocycles. The fourth-order valence-electron chi connectivity index (χ4n) is 4.14. The lowest BCUT2D eigenvalue weighted by Crippen LogP contribution is -2.32. The van der Waals surface area contributed by atoms with Crippen molar-refractivity contribution in [1.82, 2.24) is 0 Å². The van der Waals surface area contributed by atoms with Crippen molar-refractivity contribution in [3.05, 3.63) is 124 Å². The van der Waals surface area contributed by atoms with Crippen LogP contribution in [0.1, 0.15) is 37.8 Å². The molecule has 0 fully saturated rings. The third-order valence-corrected chi connectivity index (χ3v) is 5.82. The number of halogens is 1. The average Bonchev–Trinajstić information content (AvgIpc) is 2.86. The summed E-state index contributed by atoms with van der Waals surface area (Å²) >= 11 is 0. The molecule has 5 rings (SSSR count). The Morgan fingerprint density at radius 3 is 2.24 bits per heavy atom. The van der Waals surface area contributed by atoms with E-state index in [2.05, 4.69) is 0 Å². The predicted molar refractivity (Wildman–Crippen MR) is 120 cm³/mol. The second kappa shape index (κ2) is 8.34. The van der Waals surface area contributed by atoms with Crippen molar-refractivity contribution in [1.29, 1.82) is 5.26 Å². The van der Waals surface area contributed by atoms with Crippen molar-refractivity contribution in [2.75, 3.05) is 0 Å². The van der Waals surface area contributed by atoms with E-state index in [0.717, 1.165) is 5.56 Å². The number of rotatable bonds is 4. The number of nitrogens with two attached hydrogens (primary N) is 1. The predicted octanol–water partition coefficient (Wildman–Crippen LogP) is 4.55. The average molecular weight is 452 g/mol. The van der Waals surface area contributed by atoms with Crippen molar-refractivity contribution in [3.8, 4) is 11.8 Å². The molecule has 3 aromatic rings. The van der Waals surface area contributed by atoms with Gasteiger partial charge in [0.15, 0.2) is 11.5 Å². The summed E-state index contributed by atoms with van der Waals surface area (Å²) in [6, 6.07) is 21.3. The lowest BCUT2D eigenvalue weighted by molar-refractivity contribution is 0.0897. The van der Waals surface area contributed by atoms with Crippen LogP contribution in [0.5, 0.6) is 5.75 Å². The minimum atomic E-state index is -0.857. The number of ether oxygens (including phenoxy) is 2. The Hall–Kier alpha value is -4.70. The Morgan fingerprint density at radius 2 is 1.59 bits per heavy atom. The largest absolute Gasteiger partial charge is 0.489 e. The standard InChI is InChI=1S/C27H17FN2O4/c28-17-9-5-15(6-10-17)14-33-18-11-7-16(8-12-18)22-21(13-29)27(30)34-26-23(22)24(31)19-3-1-2-4-20(19)25(26)32/h1-12,22H,14,30H2. The zero-order chi connectivity index (χ0) is 23.8. The maximum absolute atomic E-state index is 13.4. The molecular weight excluding hydrogens is 435 g/mol. The molecule has 0 bridgehead atoms. The first-order valence-corrected chi connectivity index (χ1v) is 10.5. The fourth-order valence-corrected chi connectivity index (χ4v) is 4.14. The third-order valence-electron chi connectivity index (χ3n) is 5.82. The van der Waals surface area contributed by atoms with Crippen LogP contribution in [0, 0.1) is 17.1 Å². The number of carbonyl (C=O) groups excluding carboxylic acids is 2. The first kappa shape index (κ1) is 21.2. The van der Waals surface area contributed by atoms with Crippen LogP contribution in [-0.2, 0) is 11.3 Å². The minimum Gasteiger partial charge on any atom is -0.489 e. The third kappa shape index (κ3) is 3.51. The fraction of sp³-hybridized carbons (Fsp3) is 0.0741. The minimum absolute atomic E-state index is 0.0549. The molecule has 0 saturated carbocycles. The highest BCUT2D eigenvalue weighted by atomic mass is 19.1. The first-order chi connectivity index (χ1) is 16.5. The van der Waals surface area contributed by atoms with Gasteiger partial charge in [-0.15, -0.1) is 0 Å². The van der Waals surface area contributed by atoms with E-state index in [1.54, 1.807) is 60.7 Å². The van der Waals surface area contributed by atoms with E-state index in [9.17, 15) is 19.2 Å². The Balaban J connectivity index is 1.49. The molecule has 3 aromatic carbocycles. The van der Waals surface area contributed by atoms with Gasteiger partial charge in [0.1, 0.15) is 29.8 Å². The highest BCUT2D eigenvalue weighted by molar-refractivity contribution is 6.27. The molecule has 34 heavy (non-hydrogen) atoms. The molecule has 1 aliphatic heterocycles. The Kier molecular flexibility index (Phi) is 5.19. The normalized spacial score (nSPS) is 17.0. The van der Waals surface area contributed by atoms with Crippen molar-refractivity contribution in [2.24, 2.45) is 5.73 Å². The lowest BCUT2D eigenvalue weighted by atomic mass is 9.75. The van der Waals surface area contributed by atoms with E-state index >= 15 is 0 Å². The van der Waals surface area contributed by atoms with Gasteiger partial charge in [-0.2, -0.15) is 5.26 Å². The summed E-state index contributed by atoms with van der Waals surface area (Å²) in [5, 5.41) is 9.78. The highest BCUT2D eigenvalue weighted by Crippen LogP contribution is 2.44. The van der Waals surface area contributed by atoms with E-state index in [1.165, 1.54) is 12.1 Å². The molecule has 0 radical (unpaired) electrons. The van der Waals surface area contributed by atoms with Crippen LogP contribution in [0.4, 0.5) is 4.39 Å². The van der Waals surface area contributed by atoms with E-state index in [4.69, 9.17) is 15.2 Å². The smallest absolute Gasteiger partial charge is 0.229 e. The molecule has 1 atom stereocenters. The summed E-state index contributed by atoms with van der Waals surface area (Å²) in [7, 11) is 0. The molecule has 1 aliphatic carbocycles.